The van der Waals surface area contributed by atoms with Crippen LogP contribution < -0.4 is 12.3 Å². The average Bonchev–Trinajstić information content (AvgIpc) is 2.51. The molecule has 1 aliphatic carbocycles. The Morgan fingerprint density at radius 2 is 0.385 bits per heavy atom. The summed E-state index contributed by atoms with van der Waals surface area (Å²) < 4.78 is 93.1. The van der Waals surface area contributed by atoms with Gasteiger partial charge in [-0.3, -0.25) is 27.1 Å². The van der Waals surface area contributed by atoms with Crippen LogP contribution in [-0.4, -0.2) is 95.3 Å². The molecule has 240 valence electrons. The van der Waals surface area contributed by atoms with Crippen LogP contribution in [0.1, 0.15) is 0 Å². The largest absolute Gasteiger partial charge is 2.00 e. The van der Waals surface area contributed by atoms with Crippen LogP contribution in [0.2, 0.25) is 0 Å². The maximum atomic E-state index is 11.4. The van der Waals surface area contributed by atoms with E-state index < -0.39 is 83.6 Å². The van der Waals surface area contributed by atoms with Crippen molar-refractivity contribution in [3.63, 3.8) is 0 Å². The van der Waals surface area contributed by atoms with Gasteiger partial charge in [0.05, 0.1) is 0 Å². The first-order chi connectivity index (χ1) is 15.6. The molecule has 1 aliphatic rings. The molecular weight excluding hydrogens is 776 g/mol. The van der Waals surface area contributed by atoms with Crippen LogP contribution in [0, 0.1) is 0 Å². The van der Waals surface area contributed by atoms with Gasteiger partial charge in [-0.25, -0.2) is 27.4 Å². The summed E-state index contributed by atoms with van der Waals surface area (Å²) in [6, 6.07) is 0. The Labute approximate surface area is 229 Å². The summed E-state index contributed by atoms with van der Waals surface area (Å²) >= 11 is 0. The van der Waals surface area contributed by atoms with Crippen LogP contribution in [0.5, 0.6) is 0 Å². The molecule has 26 nitrogen and oxygen atoms in total. The van der Waals surface area contributed by atoms with E-state index in [1.54, 1.807) is 0 Å². The Bertz CT molecular complexity index is 836. The quantitative estimate of drug-likeness (QED) is 0.0699. The summed E-state index contributed by atoms with van der Waals surface area (Å²) in [4.78, 5) is 110. The molecule has 1 saturated carbocycles. The Morgan fingerprint density at radius 3 is 0.436 bits per heavy atom. The van der Waals surface area contributed by atoms with Gasteiger partial charge in [0.1, 0.15) is 36.6 Å². The summed E-state index contributed by atoms with van der Waals surface area (Å²) in [7, 11) is -36.1. The fraction of sp³-hybridized carbons (Fsp3) is 1.00. The summed E-state index contributed by atoms with van der Waals surface area (Å²) in [6.07, 6.45) is -18.9. The van der Waals surface area contributed by atoms with Gasteiger partial charge >= 0.3 is 67.4 Å². The topological polar surface area (TPSA) is 471 Å². The van der Waals surface area contributed by atoms with Crippen molar-refractivity contribution in [2.75, 3.05) is 0 Å². The molecule has 33 heteroatoms. The third-order valence-corrected chi connectivity index (χ3v) is 6.61. The fourth-order valence-electron chi connectivity index (χ4n) is 2.79. The van der Waals surface area contributed by atoms with Crippen LogP contribution in [-0.2, 0) is 75.0 Å². The van der Waals surface area contributed by atoms with Gasteiger partial charge in [0.15, 0.2) is 0 Å². The Balaban J connectivity index is -0.00000432. The van der Waals surface area contributed by atoms with E-state index in [0.717, 1.165) is 0 Å². The molecule has 18 N–H and O–H groups in total. The second kappa shape index (κ2) is 15.3. The van der Waals surface area contributed by atoms with E-state index in [1.807, 2.05) is 0 Å². The standard InChI is InChI=1S/C6H18O24P6.2H3N.Pd/c7-31(8,9)25-1-2(26-32(10,11)12)4(28-34(16,17)18)6(30-36(22,23)24)5(29-35(19,20)21)3(1)27-33(13,14)15;;;/h1-6H,(H2,7,8,9)(H2,10,11,12)(H2,13,14,15)(H2,16,17,18)(H2,19,20,21)(H2,22,23,24);2*1H3;/q;;;+2. The van der Waals surface area contributed by atoms with Crippen LogP contribution in [0.25, 0.3) is 0 Å². The molecule has 0 spiro atoms. The number of phosphoric ester groups is 6. The first-order valence-electron chi connectivity index (χ1n) is 8.01. The third kappa shape index (κ3) is 17.8. The molecule has 0 aromatic rings. The SMILES string of the molecule is N.N.O=P(O)(O)OC1C(OP(=O)(O)O)C(OP(=O)(O)O)C(OP(=O)(O)O)C(OP(=O)(O)O)C1OP(=O)(O)O.[Pd+2]. The summed E-state index contributed by atoms with van der Waals surface area (Å²) in [6.45, 7) is 0. The number of hydrogen-bond donors (Lipinski definition) is 14. The molecule has 0 radical (unpaired) electrons. The molecule has 0 amide bonds. The summed E-state index contributed by atoms with van der Waals surface area (Å²) in [5.74, 6) is 0. The van der Waals surface area contributed by atoms with Gasteiger partial charge in [-0.05, 0) is 0 Å². The van der Waals surface area contributed by atoms with Crippen molar-refractivity contribution in [2.45, 2.75) is 36.6 Å². The molecule has 1 rings (SSSR count). The van der Waals surface area contributed by atoms with E-state index >= 15 is 0 Å². The van der Waals surface area contributed by atoms with E-state index in [-0.39, 0.29) is 32.7 Å². The van der Waals surface area contributed by atoms with Gasteiger partial charge in [-0.2, -0.15) is 0 Å². The zero-order valence-corrected chi connectivity index (χ0v) is 25.1. The summed E-state index contributed by atoms with van der Waals surface area (Å²) in [5, 5.41) is 0. The zero-order chi connectivity index (χ0) is 28.7. The van der Waals surface area contributed by atoms with E-state index in [1.165, 1.54) is 0 Å². The zero-order valence-electron chi connectivity index (χ0n) is 18.1. The van der Waals surface area contributed by atoms with Crippen molar-refractivity contribution >= 4 is 46.9 Å². The molecule has 0 aliphatic heterocycles. The minimum atomic E-state index is -6.02. The van der Waals surface area contributed by atoms with Gasteiger partial charge in [0.25, 0.3) is 0 Å². The molecule has 0 unspecified atom stereocenters. The molecule has 0 atom stereocenters. The first-order valence-corrected chi connectivity index (χ1v) is 17.2. The van der Waals surface area contributed by atoms with Gasteiger partial charge in [0.2, 0.25) is 0 Å². The average molecular weight is 801 g/mol. The number of phosphoric acid groups is 6. The van der Waals surface area contributed by atoms with Crippen molar-refractivity contribution in [2.24, 2.45) is 0 Å². The molecule has 1 fully saturated rings. The molecule has 0 aromatic carbocycles. The van der Waals surface area contributed by atoms with Gasteiger partial charge in [0, 0.05) is 0 Å². The van der Waals surface area contributed by atoms with Crippen molar-refractivity contribution < 1.29 is 134 Å². The molecule has 0 aromatic heterocycles. The second-order valence-electron chi connectivity index (χ2n) is 6.36. The van der Waals surface area contributed by atoms with Crippen LogP contribution >= 0.6 is 46.9 Å². The predicted molar refractivity (Wildman–Crippen MR) is 112 cm³/mol. The van der Waals surface area contributed by atoms with Crippen molar-refractivity contribution in [3.8, 4) is 0 Å². The van der Waals surface area contributed by atoms with Gasteiger partial charge < -0.3 is 71.0 Å². The van der Waals surface area contributed by atoms with E-state index in [0.29, 0.717) is 0 Å². The number of rotatable bonds is 12. The number of hydrogen-bond acceptors (Lipinski definition) is 14. The Kier molecular flexibility index (Phi) is 17.5. The minimum absolute atomic E-state index is 0. The van der Waals surface area contributed by atoms with Crippen molar-refractivity contribution in [1.82, 2.24) is 12.3 Å². The predicted octanol–water partition coefficient (Wildman–Crippen LogP) is -2.81. The van der Waals surface area contributed by atoms with Crippen molar-refractivity contribution in [1.29, 1.82) is 0 Å². The fourth-order valence-corrected chi connectivity index (χ4v) is 6.14. The van der Waals surface area contributed by atoms with Gasteiger partial charge in [-0.15, -0.1) is 0 Å². The smallest absolute Gasteiger partial charge is 0.344 e. The summed E-state index contributed by atoms with van der Waals surface area (Å²) in [5.41, 5.74) is 0. The molecular formula is C6H24N2O24P6Pd+2. The van der Waals surface area contributed by atoms with E-state index in [2.05, 4.69) is 27.1 Å². The maximum Gasteiger partial charge on any atom is 2.00 e. The third-order valence-electron chi connectivity index (χ3n) is 3.50. The van der Waals surface area contributed by atoms with Gasteiger partial charge in [-0.1, -0.05) is 0 Å². The van der Waals surface area contributed by atoms with Crippen LogP contribution in [0.4, 0.5) is 0 Å². The minimum Gasteiger partial charge on any atom is -0.344 e. The maximum absolute atomic E-state index is 11.4. The molecule has 0 saturated heterocycles. The molecule has 0 bridgehead atoms. The Morgan fingerprint density at radius 1 is 0.308 bits per heavy atom. The normalized spacial score (nSPS) is 27.1. The monoisotopic (exact) mass is 800 g/mol. The first kappa shape index (κ1) is 44.7. The van der Waals surface area contributed by atoms with Crippen molar-refractivity contribution in [3.05, 3.63) is 0 Å². The van der Waals surface area contributed by atoms with Crippen LogP contribution in [0.3, 0.4) is 0 Å². The van der Waals surface area contributed by atoms with E-state index in [9.17, 15) is 27.4 Å². The molecule has 0 heterocycles. The van der Waals surface area contributed by atoms with Crippen LogP contribution in [0.15, 0.2) is 0 Å². The Hall–Kier alpha value is 1.24. The van der Waals surface area contributed by atoms with E-state index in [4.69, 9.17) is 58.7 Å². The second-order valence-corrected chi connectivity index (χ2v) is 13.5. The molecule has 39 heavy (non-hydrogen) atoms.